The van der Waals surface area contributed by atoms with Gasteiger partial charge in [0, 0.05) is 19.7 Å². The van der Waals surface area contributed by atoms with E-state index < -0.39 is 0 Å². The predicted octanol–water partition coefficient (Wildman–Crippen LogP) is 2.23. The largest absolute Gasteiger partial charge is 0.383 e. The van der Waals surface area contributed by atoms with Crippen LogP contribution in [0, 0.1) is 23.2 Å². The summed E-state index contributed by atoms with van der Waals surface area (Å²) < 4.78 is 6.27. The first-order valence-corrected chi connectivity index (χ1v) is 9.92. The van der Waals surface area contributed by atoms with Gasteiger partial charge in [0.15, 0.2) is 0 Å². The SMILES string of the molecule is COCCn1nc(C(=O)NCCC23CC4CC(CC(C4)C2)C3)ccc1=O. The number of nitrogens with zero attached hydrogens (tertiary/aromatic N) is 2. The van der Waals surface area contributed by atoms with Gasteiger partial charge in [-0.1, -0.05) is 0 Å². The van der Waals surface area contributed by atoms with E-state index in [1.807, 2.05) is 0 Å². The number of nitrogens with one attached hydrogen (secondary N) is 1. The third-order valence-electron chi connectivity index (χ3n) is 6.71. The summed E-state index contributed by atoms with van der Waals surface area (Å²) >= 11 is 0. The Morgan fingerprint density at radius 3 is 2.50 bits per heavy atom. The number of ether oxygens (including phenoxy) is 1. The molecule has 1 aromatic heterocycles. The van der Waals surface area contributed by atoms with Crippen LogP contribution in [0.25, 0.3) is 0 Å². The van der Waals surface area contributed by atoms with Crippen LogP contribution in [0.2, 0.25) is 0 Å². The molecule has 1 N–H and O–H groups in total. The van der Waals surface area contributed by atoms with E-state index in [2.05, 4.69) is 10.4 Å². The Morgan fingerprint density at radius 2 is 1.88 bits per heavy atom. The fourth-order valence-corrected chi connectivity index (χ4v) is 6.04. The third kappa shape index (κ3) is 3.56. The van der Waals surface area contributed by atoms with Gasteiger partial charge in [0.25, 0.3) is 11.5 Å². The van der Waals surface area contributed by atoms with Crippen molar-refractivity contribution in [2.24, 2.45) is 23.2 Å². The smallest absolute Gasteiger partial charge is 0.271 e. The molecule has 4 saturated carbocycles. The number of carbonyl (C=O) groups excluding carboxylic acids is 1. The van der Waals surface area contributed by atoms with Crippen LogP contribution in [-0.2, 0) is 11.3 Å². The van der Waals surface area contributed by atoms with Crippen molar-refractivity contribution in [1.29, 1.82) is 0 Å². The number of rotatable bonds is 7. The summed E-state index contributed by atoms with van der Waals surface area (Å²) in [5, 5.41) is 7.20. The van der Waals surface area contributed by atoms with Gasteiger partial charge in [0.1, 0.15) is 5.69 Å². The molecule has 0 aliphatic heterocycles. The lowest BCUT2D eigenvalue weighted by Crippen LogP contribution is -2.47. The van der Waals surface area contributed by atoms with Crippen molar-refractivity contribution >= 4 is 5.91 Å². The van der Waals surface area contributed by atoms with E-state index in [4.69, 9.17) is 4.74 Å². The Morgan fingerprint density at radius 1 is 1.23 bits per heavy atom. The minimum Gasteiger partial charge on any atom is -0.383 e. The highest BCUT2D eigenvalue weighted by Crippen LogP contribution is 2.61. The van der Waals surface area contributed by atoms with E-state index in [9.17, 15) is 9.59 Å². The van der Waals surface area contributed by atoms with Gasteiger partial charge in [-0.3, -0.25) is 9.59 Å². The second-order valence-corrected chi connectivity index (χ2v) is 8.70. The van der Waals surface area contributed by atoms with E-state index in [1.165, 1.54) is 55.3 Å². The van der Waals surface area contributed by atoms with Gasteiger partial charge in [-0.05, 0) is 74.2 Å². The Hall–Kier alpha value is -1.69. The van der Waals surface area contributed by atoms with Crippen molar-refractivity contribution in [3.8, 4) is 0 Å². The molecule has 26 heavy (non-hydrogen) atoms. The van der Waals surface area contributed by atoms with Crippen molar-refractivity contribution in [3.05, 3.63) is 28.2 Å². The van der Waals surface area contributed by atoms with Gasteiger partial charge < -0.3 is 10.1 Å². The van der Waals surface area contributed by atoms with Crippen LogP contribution in [0.4, 0.5) is 0 Å². The van der Waals surface area contributed by atoms with Crippen LogP contribution in [-0.4, -0.2) is 35.9 Å². The molecule has 0 radical (unpaired) electrons. The summed E-state index contributed by atoms with van der Waals surface area (Å²) in [6, 6.07) is 2.91. The molecule has 0 saturated heterocycles. The monoisotopic (exact) mass is 359 g/mol. The molecular formula is C20H29N3O3. The second kappa shape index (κ2) is 7.14. The summed E-state index contributed by atoms with van der Waals surface area (Å²) in [7, 11) is 1.58. The van der Waals surface area contributed by atoms with Gasteiger partial charge in [-0.25, -0.2) is 4.68 Å². The maximum Gasteiger partial charge on any atom is 0.271 e. The molecule has 6 nitrogen and oxygen atoms in total. The molecule has 4 aliphatic carbocycles. The fraction of sp³-hybridized carbons (Fsp3) is 0.750. The van der Waals surface area contributed by atoms with Crippen LogP contribution >= 0.6 is 0 Å². The average Bonchev–Trinajstić information content (AvgIpc) is 2.59. The van der Waals surface area contributed by atoms with Gasteiger partial charge in [-0.15, -0.1) is 0 Å². The zero-order chi connectivity index (χ0) is 18.1. The van der Waals surface area contributed by atoms with E-state index in [0.717, 1.165) is 24.2 Å². The quantitative estimate of drug-likeness (QED) is 0.810. The highest BCUT2D eigenvalue weighted by atomic mass is 16.5. The van der Waals surface area contributed by atoms with Gasteiger partial charge in [0.2, 0.25) is 0 Å². The lowest BCUT2D eigenvalue weighted by molar-refractivity contribution is -0.0564. The summed E-state index contributed by atoms with van der Waals surface area (Å²) in [6.45, 7) is 1.44. The Kier molecular flexibility index (Phi) is 4.86. The van der Waals surface area contributed by atoms with Crippen molar-refractivity contribution < 1.29 is 9.53 Å². The minimum atomic E-state index is -0.216. The number of hydrogen-bond acceptors (Lipinski definition) is 4. The molecule has 0 atom stereocenters. The Bertz CT molecular complexity index is 692. The summed E-state index contributed by atoms with van der Waals surface area (Å²) in [4.78, 5) is 24.2. The molecular weight excluding hydrogens is 330 g/mol. The lowest BCUT2D eigenvalue weighted by atomic mass is 9.49. The zero-order valence-electron chi connectivity index (χ0n) is 15.6. The Balaban J connectivity index is 1.34. The molecule has 5 rings (SSSR count). The van der Waals surface area contributed by atoms with Crippen molar-refractivity contribution in [1.82, 2.24) is 15.1 Å². The van der Waals surface area contributed by atoms with E-state index in [0.29, 0.717) is 30.8 Å². The highest BCUT2D eigenvalue weighted by Gasteiger charge is 2.50. The standard InChI is InChI=1S/C20H29N3O3/c1-26-7-6-23-18(24)3-2-17(22-23)19(25)21-5-4-20-11-14-8-15(12-20)10-16(9-14)13-20/h2-3,14-16H,4-13H2,1H3,(H,21,25). The molecule has 4 bridgehead atoms. The van der Waals surface area contributed by atoms with Gasteiger partial charge in [0.05, 0.1) is 13.2 Å². The number of aromatic nitrogens is 2. The molecule has 142 valence electrons. The van der Waals surface area contributed by atoms with Crippen LogP contribution in [0.5, 0.6) is 0 Å². The molecule has 1 heterocycles. The summed E-state index contributed by atoms with van der Waals surface area (Å²) in [6.07, 6.45) is 9.47. The van der Waals surface area contributed by atoms with Crippen LogP contribution in [0.15, 0.2) is 16.9 Å². The minimum absolute atomic E-state index is 0.194. The summed E-state index contributed by atoms with van der Waals surface area (Å²) in [5.74, 6) is 2.61. The maximum absolute atomic E-state index is 12.4. The van der Waals surface area contributed by atoms with E-state index >= 15 is 0 Å². The number of methoxy groups -OCH3 is 1. The second-order valence-electron chi connectivity index (χ2n) is 8.70. The zero-order valence-corrected chi connectivity index (χ0v) is 15.6. The van der Waals surface area contributed by atoms with Gasteiger partial charge >= 0.3 is 0 Å². The van der Waals surface area contributed by atoms with Crippen molar-refractivity contribution in [2.75, 3.05) is 20.3 Å². The van der Waals surface area contributed by atoms with Crippen LogP contribution in [0.3, 0.4) is 0 Å². The third-order valence-corrected chi connectivity index (χ3v) is 6.71. The van der Waals surface area contributed by atoms with Crippen molar-refractivity contribution in [2.45, 2.75) is 51.5 Å². The van der Waals surface area contributed by atoms with Crippen molar-refractivity contribution in [3.63, 3.8) is 0 Å². The average molecular weight is 359 g/mol. The van der Waals surface area contributed by atoms with Crippen LogP contribution < -0.4 is 10.9 Å². The maximum atomic E-state index is 12.4. The molecule has 1 amide bonds. The molecule has 0 spiro atoms. The number of hydrogen-bond donors (Lipinski definition) is 1. The number of amides is 1. The molecule has 4 fully saturated rings. The first-order chi connectivity index (χ1) is 12.6. The summed E-state index contributed by atoms with van der Waals surface area (Å²) in [5.41, 5.74) is 0.547. The van der Waals surface area contributed by atoms with Crippen LogP contribution in [0.1, 0.15) is 55.4 Å². The highest BCUT2D eigenvalue weighted by molar-refractivity contribution is 5.91. The molecule has 6 heteroatoms. The fourth-order valence-electron chi connectivity index (χ4n) is 6.04. The first kappa shape index (κ1) is 17.7. The normalized spacial score (nSPS) is 32.0. The predicted molar refractivity (Wildman–Crippen MR) is 97.9 cm³/mol. The van der Waals surface area contributed by atoms with Gasteiger partial charge in [-0.2, -0.15) is 5.10 Å². The molecule has 0 aromatic carbocycles. The van der Waals surface area contributed by atoms with E-state index in [-0.39, 0.29) is 11.5 Å². The van der Waals surface area contributed by atoms with E-state index in [1.54, 1.807) is 7.11 Å². The number of carbonyl (C=O) groups is 1. The molecule has 1 aromatic rings. The molecule has 0 unspecified atom stereocenters. The molecule has 4 aliphatic rings. The Labute approximate surface area is 154 Å². The lowest BCUT2D eigenvalue weighted by Gasteiger charge is -2.57. The first-order valence-electron chi connectivity index (χ1n) is 9.92. The topological polar surface area (TPSA) is 73.2 Å².